The van der Waals surface area contributed by atoms with Gasteiger partial charge >= 0.3 is 0 Å². The Bertz CT molecular complexity index is 595. The molecule has 0 radical (unpaired) electrons. The quantitative estimate of drug-likeness (QED) is 0.781. The summed E-state index contributed by atoms with van der Waals surface area (Å²) in [5.41, 5.74) is 4.73. The average Bonchev–Trinajstić information content (AvgIpc) is 3.02. The fraction of sp³-hybridized carbons (Fsp3) is 0.412. The fourth-order valence-corrected chi connectivity index (χ4v) is 5.18. The van der Waals surface area contributed by atoms with Crippen LogP contribution in [0.2, 0.25) is 0 Å². The predicted octanol–water partition coefficient (Wildman–Crippen LogP) is 4.36. The number of nitrogens with zero attached hydrogens (tertiary/aromatic N) is 1. The molecule has 3 heterocycles. The van der Waals surface area contributed by atoms with E-state index in [1.807, 2.05) is 11.3 Å². The largest absolute Gasteiger partial charge is 0.280 e. The third-order valence-electron chi connectivity index (χ3n) is 5.21. The molecule has 2 heteroatoms. The standard InChI is InChI=1S/C17H17NS/c1-2-7-13-12(6-1)15-14-8-9-19-17(14)16(13)18(15)10-11-4-3-5-11/h1-2,6-9,11,15-16H,3-5,10H2. The molecule has 5 rings (SSSR count). The first kappa shape index (κ1) is 10.6. The van der Waals surface area contributed by atoms with Gasteiger partial charge in [-0.15, -0.1) is 11.3 Å². The zero-order valence-corrected chi connectivity index (χ0v) is 11.7. The highest BCUT2D eigenvalue weighted by molar-refractivity contribution is 7.10. The van der Waals surface area contributed by atoms with Crippen molar-refractivity contribution in [2.75, 3.05) is 6.54 Å². The lowest BCUT2D eigenvalue weighted by atomic mass is 9.85. The Morgan fingerprint density at radius 1 is 1.00 bits per heavy atom. The second-order valence-electron chi connectivity index (χ2n) is 6.17. The summed E-state index contributed by atoms with van der Waals surface area (Å²) in [5.74, 6) is 0.952. The first-order chi connectivity index (χ1) is 9.43. The van der Waals surface area contributed by atoms with Crippen molar-refractivity contribution in [3.8, 4) is 0 Å². The van der Waals surface area contributed by atoms with Gasteiger partial charge in [-0.05, 0) is 46.9 Å². The van der Waals surface area contributed by atoms with Crippen LogP contribution in [-0.2, 0) is 0 Å². The van der Waals surface area contributed by atoms with Gasteiger partial charge < -0.3 is 0 Å². The molecule has 1 aromatic carbocycles. The molecule has 2 atom stereocenters. The van der Waals surface area contributed by atoms with Gasteiger partial charge in [0.05, 0.1) is 12.1 Å². The minimum Gasteiger partial charge on any atom is -0.280 e. The molecule has 2 aromatic rings. The van der Waals surface area contributed by atoms with Crippen LogP contribution in [0.1, 0.15) is 52.9 Å². The van der Waals surface area contributed by atoms with Gasteiger partial charge in [0.1, 0.15) is 0 Å². The summed E-state index contributed by atoms with van der Waals surface area (Å²) in [4.78, 5) is 4.39. The van der Waals surface area contributed by atoms with Gasteiger partial charge in [0, 0.05) is 11.4 Å². The van der Waals surface area contributed by atoms with Crippen LogP contribution in [0.5, 0.6) is 0 Å². The van der Waals surface area contributed by atoms with Crippen molar-refractivity contribution in [1.82, 2.24) is 4.90 Å². The smallest absolute Gasteiger partial charge is 0.0710 e. The summed E-state index contributed by atoms with van der Waals surface area (Å²) in [6, 6.07) is 12.6. The molecular weight excluding hydrogens is 250 g/mol. The number of hydrogen-bond donors (Lipinski definition) is 0. The average molecular weight is 267 g/mol. The van der Waals surface area contributed by atoms with E-state index in [9.17, 15) is 0 Å². The van der Waals surface area contributed by atoms with Gasteiger partial charge in [-0.25, -0.2) is 0 Å². The second kappa shape index (κ2) is 3.71. The monoisotopic (exact) mass is 267 g/mol. The van der Waals surface area contributed by atoms with Crippen LogP contribution in [0.4, 0.5) is 0 Å². The summed E-state index contributed by atoms with van der Waals surface area (Å²) in [6.07, 6.45) is 4.34. The highest BCUT2D eigenvalue weighted by atomic mass is 32.1. The van der Waals surface area contributed by atoms with Crippen molar-refractivity contribution in [1.29, 1.82) is 0 Å². The molecule has 1 fully saturated rings. The number of hydrogen-bond acceptors (Lipinski definition) is 2. The van der Waals surface area contributed by atoms with E-state index in [0.29, 0.717) is 12.1 Å². The summed E-state index contributed by atoms with van der Waals surface area (Å²) in [5, 5.41) is 2.28. The molecule has 2 bridgehead atoms. The van der Waals surface area contributed by atoms with Crippen LogP contribution < -0.4 is 0 Å². The topological polar surface area (TPSA) is 3.24 Å². The van der Waals surface area contributed by atoms with E-state index >= 15 is 0 Å². The first-order valence-corrected chi connectivity index (χ1v) is 8.23. The zero-order chi connectivity index (χ0) is 12.4. The third-order valence-corrected chi connectivity index (χ3v) is 6.20. The fourth-order valence-electron chi connectivity index (χ4n) is 4.12. The number of thiophene rings is 1. The molecule has 2 aliphatic heterocycles. The first-order valence-electron chi connectivity index (χ1n) is 7.35. The lowest BCUT2D eigenvalue weighted by molar-refractivity contribution is 0.154. The number of fused-ring (bicyclic) bond motifs is 8. The van der Waals surface area contributed by atoms with E-state index in [-0.39, 0.29) is 0 Å². The Balaban J connectivity index is 1.62. The summed E-state index contributed by atoms with van der Waals surface area (Å²) < 4.78 is 0. The Kier molecular flexibility index (Phi) is 2.08. The minimum absolute atomic E-state index is 0.558. The highest BCUT2D eigenvalue weighted by Crippen LogP contribution is 2.58. The summed E-state index contributed by atoms with van der Waals surface area (Å²) in [7, 11) is 0. The van der Waals surface area contributed by atoms with E-state index < -0.39 is 0 Å². The van der Waals surface area contributed by atoms with E-state index in [4.69, 9.17) is 0 Å². The van der Waals surface area contributed by atoms with Gasteiger partial charge in [-0.1, -0.05) is 30.7 Å². The molecule has 2 unspecified atom stereocenters. The van der Waals surface area contributed by atoms with Crippen LogP contribution >= 0.6 is 11.3 Å². The molecule has 0 spiro atoms. The second-order valence-corrected chi connectivity index (χ2v) is 7.12. The summed E-state index contributed by atoms with van der Waals surface area (Å²) in [6.45, 7) is 1.30. The molecule has 1 aromatic heterocycles. The summed E-state index contributed by atoms with van der Waals surface area (Å²) >= 11 is 1.95. The lowest BCUT2D eigenvalue weighted by Gasteiger charge is -2.33. The normalized spacial score (nSPS) is 28.2. The van der Waals surface area contributed by atoms with Crippen molar-refractivity contribution >= 4 is 11.3 Å². The van der Waals surface area contributed by atoms with Gasteiger partial charge in [0.15, 0.2) is 0 Å². The molecule has 0 N–H and O–H groups in total. The maximum absolute atomic E-state index is 2.77. The lowest BCUT2D eigenvalue weighted by Crippen LogP contribution is -2.31. The van der Waals surface area contributed by atoms with Crippen molar-refractivity contribution in [2.45, 2.75) is 31.3 Å². The highest BCUT2D eigenvalue weighted by Gasteiger charge is 2.48. The van der Waals surface area contributed by atoms with Crippen molar-refractivity contribution in [2.24, 2.45) is 5.92 Å². The number of rotatable bonds is 2. The molecule has 1 saturated carbocycles. The van der Waals surface area contributed by atoms with Crippen LogP contribution in [0.15, 0.2) is 35.7 Å². The van der Waals surface area contributed by atoms with Crippen molar-refractivity contribution in [3.05, 3.63) is 57.3 Å². The van der Waals surface area contributed by atoms with Crippen LogP contribution in [0.25, 0.3) is 0 Å². The Morgan fingerprint density at radius 2 is 1.79 bits per heavy atom. The Hall–Kier alpha value is -1.12. The molecule has 0 saturated heterocycles. The molecule has 1 nitrogen and oxygen atoms in total. The molecule has 96 valence electrons. The Morgan fingerprint density at radius 3 is 2.53 bits per heavy atom. The predicted molar refractivity (Wildman–Crippen MR) is 78.5 cm³/mol. The Labute approximate surface area is 117 Å². The maximum atomic E-state index is 2.77. The van der Waals surface area contributed by atoms with Crippen molar-refractivity contribution < 1.29 is 0 Å². The van der Waals surface area contributed by atoms with E-state index in [2.05, 4.69) is 40.6 Å². The molecule has 3 aliphatic rings. The van der Waals surface area contributed by atoms with E-state index in [1.54, 1.807) is 21.6 Å². The maximum Gasteiger partial charge on any atom is 0.0710 e. The molecular formula is C17H17NS. The molecule has 19 heavy (non-hydrogen) atoms. The van der Waals surface area contributed by atoms with Crippen molar-refractivity contribution in [3.63, 3.8) is 0 Å². The molecule has 1 aliphatic carbocycles. The van der Waals surface area contributed by atoms with Crippen LogP contribution in [-0.4, -0.2) is 11.4 Å². The third kappa shape index (κ3) is 1.29. The van der Waals surface area contributed by atoms with Crippen LogP contribution in [0.3, 0.4) is 0 Å². The number of benzene rings is 1. The SMILES string of the molecule is c1ccc2c(c1)C1c3ccsc3C2N1CC1CCC1. The van der Waals surface area contributed by atoms with Gasteiger partial charge in [-0.3, -0.25) is 4.90 Å². The van der Waals surface area contributed by atoms with Gasteiger partial charge in [-0.2, -0.15) is 0 Å². The van der Waals surface area contributed by atoms with E-state index in [0.717, 1.165) is 5.92 Å². The molecule has 0 amide bonds. The van der Waals surface area contributed by atoms with Gasteiger partial charge in [0.25, 0.3) is 0 Å². The van der Waals surface area contributed by atoms with Gasteiger partial charge in [0.2, 0.25) is 0 Å². The van der Waals surface area contributed by atoms with E-state index in [1.165, 1.54) is 25.8 Å². The minimum atomic E-state index is 0.558. The van der Waals surface area contributed by atoms with Crippen LogP contribution in [0, 0.1) is 5.92 Å². The zero-order valence-electron chi connectivity index (χ0n) is 10.9.